The second-order valence-electron chi connectivity index (χ2n) is 4.15. The number of aryl methyl sites for hydroxylation is 1. The fraction of sp³-hybridized carbons (Fsp3) is 0.214. The van der Waals surface area contributed by atoms with Crippen molar-refractivity contribution < 1.29 is 13.9 Å². The molecule has 0 amide bonds. The molecule has 0 aliphatic heterocycles. The van der Waals surface area contributed by atoms with Crippen LogP contribution in [0.5, 0.6) is 0 Å². The number of carbonyl (C=O) groups excluding carboxylic acids is 1. The van der Waals surface area contributed by atoms with Crippen LogP contribution in [0.3, 0.4) is 0 Å². The molecule has 1 heterocycles. The van der Waals surface area contributed by atoms with Crippen LogP contribution in [0.1, 0.15) is 33.5 Å². The number of hydrogen-bond acceptors (Lipinski definition) is 4. The molecular formula is C14H14INO3. The first-order valence-corrected chi connectivity index (χ1v) is 6.81. The quantitative estimate of drug-likeness (QED) is 0.666. The standard InChI is InChI=1S/C14H14INO3/c1-8-4-3-5-9(12(8)15)13(16)10-6-7-11(19-10)14(17)18-2/h3-7,13H,16H2,1-2H3. The SMILES string of the molecule is COC(=O)c1ccc(C(N)c2cccc(C)c2I)o1. The van der Waals surface area contributed by atoms with Crippen molar-refractivity contribution in [2.24, 2.45) is 5.73 Å². The van der Waals surface area contributed by atoms with E-state index in [1.807, 2.05) is 25.1 Å². The van der Waals surface area contributed by atoms with Crippen LogP contribution in [0, 0.1) is 10.5 Å². The third kappa shape index (κ3) is 2.82. The molecule has 100 valence electrons. The smallest absolute Gasteiger partial charge is 0.373 e. The van der Waals surface area contributed by atoms with E-state index in [2.05, 4.69) is 27.3 Å². The maximum absolute atomic E-state index is 11.3. The lowest BCUT2D eigenvalue weighted by atomic mass is 10.0. The van der Waals surface area contributed by atoms with E-state index in [-0.39, 0.29) is 5.76 Å². The van der Waals surface area contributed by atoms with Gasteiger partial charge in [0.2, 0.25) is 5.76 Å². The summed E-state index contributed by atoms with van der Waals surface area (Å²) in [6.07, 6.45) is 0. The average Bonchev–Trinajstić information content (AvgIpc) is 2.90. The highest BCUT2D eigenvalue weighted by atomic mass is 127. The number of carbonyl (C=O) groups is 1. The Labute approximate surface area is 125 Å². The summed E-state index contributed by atoms with van der Waals surface area (Å²) >= 11 is 2.26. The molecule has 1 atom stereocenters. The monoisotopic (exact) mass is 371 g/mol. The minimum absolute atomic E-state index is 0.163. The van der Waals surface area contributed by atoms with Gasteiger partial charge in [-0.25, -0.2) is 4.79 Å². The molecule has 19 heavy (non-hydrogen) atoms. The summed E-state index contributed by atoms with van der Waals surface area (Å²) in [5.41, 5.74) is 8.33. The molecule has 0 saturated heterocycles. The van der Waals surface area contributed by atoms with Crippen molar-refractivity contribution in [3.05, 3.63) is 56.5 Å². The van der Waals surface area contributed by atoms with Crippen LogP contribution in [-0.2, 0) is 4.74 Å². The second kappa shape index (κ2) is 5.75. The number of hydrogen-bond donors (Lipinski definition) is 1. The first kappa shape index (κ1) is 14.1. The molecule has 0 fully saturated rings. The molecule has 4 nitrogen and oxygen atoms in total. The van der Waals surface area contributed by atoms with Gasteiger partial charge in [-0.2, -0.15) is 0 Å². The number of methoxy groups -OCH3 is 1. The van der Waals surface area contributed by atoms with Crippen molar-refractivity contribution in [3.8, 4) is 0 Å². The van der Waals surface area contributed by atoms with E-state index in [0.29, 0.717) is 5.76 Å². The van der Waals surface area contributed by atoms with Crippen molar-refractivity contribution >= 4 is 28.6 Å². The Morgan fingerprint density at radius 3 is 2.79 bits per heavy atom. The van der Waals surface area contributed by atoms with Crippen LogP contribution in [0.4, 0.5) is 0 Å². The fourth-order valence-electron chi connectivity index (χ4n) is 1.79. The summed E-state index contributed by atoms with van der Waals surface area (Å²) in [6, 6.07) is 8.82. The summed E-state index contributed by atoms with van der Waals surface area (Å²) in [7, 11) is 1.31. The largest absolute Gasteiger partial charge is 0.463 e. The number of halogens is 1. The number of nitrogens with two attached hydrogens (primary N) is 1. The van der Waals surface area contributed by atoms with Gasteiger partial charge in [-0.05, 0) is 52.8 Å². The molecule has 0 aliphatic rings. The summed E-state index contributed by atoms with van der Waals surface area (Å²) in [6.45, 7) is 2.03. The fourth-order valence-corrected chi connectivity index (χ4v) is 2.49. The highest BCUT2D eigenvalue weighted by Gasteiger charge is 2.19. The molecule has 0 bridgehead atoms. The van der Waals surface area contributed by atoms with E-state index < -0.39 is 12.0 Å². The van der Waals surface area contributed by atoms with Gasteiger partial charge in [0.25, 0.3) is 0 Å². The lowest BCUT2D eigenvalue weighted by Crippen LogP contribution is -2.13. The summed E-state index contributed by atoms with van der Waals surface area (Å²) in [5.74, 6) is 0.205. The van der Waals surface area contributed by atoms with Crippen LogP contribution in [0.2, 0.25) is 0 Å². The zero-order valence-corrected chi connectivity index (χ0v) is 12.8. The van der Waals surface area contributed by atoms with Gasteiger partial charge in [-0.3, -0.25) is 0 Å². The zero-order chi connectivity index (χ0) is 14.0. The Kier molecular flexibility index (Phi) is 4.26. The van der Waals surface area contributed by atoms with Crippen molar-refractivity contribution in [1.82, 2.24) is 0 Å². The number of benzene rings is 1. The molecule has 0 radical (unpaired) electrons. The van der Waals surface area contributed by atoms with Crippen LogP contribution in [-0.4, -0.2) is 13.1 Å². The Morgan fingerprint density at radius 2 is 2.11 bits per heavy atom. The van der Waals surface area contributed by atoms with Gasteiger partial charge in [0.15, 0.2) is 0 Å². The molecule has 5 heteroatoms. The summed E-state index contributed by atoms with van der Waals surface area (Å²) < 4.78 is 11.1. The minimum atomic E-state index is -0.502. The van der Waals surface area contributed by atoms with Gasteiger partial charge >= 0.3 is 5.97 Å². The van der Waals surface area contributed by atoms with Crippen molar-refractivity contribution in [3.63, 3.8) is 0 Å². The second-order valence-corrected chi connectivity index (χ2v) is 5.23. The van der Waals surface area contributed by atoms with Crippen LogP contribution in [0.25, 0.3) is 0 Å². The topological polar surface area (TPSA) is 65.5 Å². The predicted octanol–water partition coefficient (Wildman–Crippen LogP) is 3.03. The molecule has 1 unspecified atom stereocenters. The van der Waals surface area contributed by atoms with Crippen molar-refractivity contribution in [2.75, 3.05) is 7.11 Å². The molecule has 0 saturated carbocycles. The van der Waals surface area contributed by atoms with Gasteiger partial charge in [0.1, 0.15) is 5.76 Å². The number of rotatable bonds is 3. The molecule has 1 aromatic carbocycles. The maximum atomic E-state index is 11.3. The summed E-state index contributed by atoms with van der Waals surface area (Å²) in [5, 5.41) is 0. The van der Waals surface area contributed by atoms with Gasteiger partial charge in [0, 0.05) is 3.57 Å². The van der Waals surface area contributed by atoms with Gasteiger partial charge in [-0.15, -0.1) is 0 Å². The lowest BCUT2D eigenvalue weighted by molar-refractivity contribution is 0.0562. The highest BCUT2D eigenvalue weighted by molar-refractivity contribution is 14.1. The first-order chi connectivity index (χ1) is 9.04. The lowest BCUT2D eigenvalue weighted by Gasteiger charge is -2.13. The third-order valence-electron chi connectivity index (χ3n) is 2.88. The van der Waals surface area contributed by atoms with Gasteiger partial charge in [0.05, 0.1) is 13.2 Å². The van der Waals surface area contributed by atoms with Crippen LogP contribution >= 0.6 is 22.6 Å². The Bertz CT molecular complexity index is 606. The molecule has 0 spiro atoms. The average molecular weight is 371 g/mol. The Morgan fingerprint density at radius 1 is 1.37 bits per heavy atom. The van der Waals surface area contributed by atoms with E-state index in [0.717, 1.165) is 14.7 Å². The zero-order valence-electron chi connectivity index (χ0n) is 10.6. The van der Waals surface area contributed by atoms with Crippen molar-refractivity contribution in [1.29, 1.82) is 0 Å². The van der Waals surface area contributed by atoms with Gasteiger partial charge < -0.3 is 14.9 Å². The highest BCUT2D eigenvalue weighted by Crippen LogP contribution is 2.27. The summed E-state index contributed by atoms with van der Waals surface area (Å²) in [4.78, 5) is 11.3. The van der Waals surface area contributed by atoms with E-state index in [4.69, 9.17) is 10.2 Å². The maximum Gasteiger partial charge on any atom is 0.373 e. The molecule has 2 rings (SSSR count). The Hall–Kier alpha value is -1.34. The number of ether oxygens (including phenoxy) is 1. The number of esters is 1. The predicted molar refractivity (Wildman–Crippen MR) is 80.0 cm³/mol. The van der Waals surface area contributed by atoms with E-state index in [9.17, 15) is 4.79 Å². The first-order valence-electron chi connectivity index (χ1n) is 5.73. The molecule has 2 N–H and O–H groups in total. The molecule has 1 aromatic heterocycles. The molecule has 0 aliphatic carbocycles. The third-order valence-corrected chi connectivity index (χ3v) is 4.35. The Balaban J connectivity index is 2.34. The van der Waals surface area contributed by atoms with E-state index in [1.54, 1.807) is 12.1 Å². The van der Waals surface area contributed by atoms with Crippen LogP contribution in [0.15, 0.2) is 34.7 Å². The van der Waals surface area contributed by atoms with E-state index >= 15 is 0 Å². The van der Waals surface area contributed by atoms with Gasteiger partial charge in [-0.1, -0.05) is 18.2 Å². The normalized spacial score (nSPS) is 12.2. The van der Waals surface area contributed by atoms with Crippen molar-refractivity contribution in [2.45, 2.75) is 13.0 Å². The van der Waals surface area contributed by atoms with E-state index in [1.165, 1.54) is 7.11 Å². The number of furan rings is 1. The molecule has 2 aromatic rings. The van der Waals surface area contributed by atoms with Crippen LogP contribution < -0.4 is 5.73 Å². The minimum Gasteiger partial charge on any atom is -0.463 e. The molecular weight excluding hydrogens is 357 g/mol.